The molecular formula is C16H28NO2+. The van der Waals surface area contributed by atoms with Crippen molar-refractivity contribution < 1.29 is 15.2 Å². The second-order valence-corrected chi connectivity index (χ2v) is 5.12. The Labute approximate surface area is 117 Å². The molecule has 0 aliphatic carbocycles. The lowest BCUT2D eigenvalue weighted by atomic mass is 10.1. The van der Waals surface area contributed by atoms with Crippen LogP contribution in [0.4, 0.5) is 0 Å². The molecule has 1 aromatic carbocycles. The quantitative estimate of drug-likeness (QED) is 0.634. The lowest BCUT2D eigenvalue weighted by Gasteiger charge is -2.09. The first-order chi connectivity index (χ1) is 9.24. The van der Waals surface area contributed by atoms with Crippen LogP contribution in [0.25, 0.3) is 0 Å². The van der Waals surface area contributed by atoms with Crippen molar-refractivity contribution in [3.63, 3.8) is 0 Å². The molecule has 0 unspecified atom stereocenters. The number of rotatable bonds is 10. The van der Waals surface area contributed by atoms with Gasteiger partial charge in [0, 0.05) is 0 Å². The summed E-state index contributed by atoms with van der Waals surface area (Å²) in [4.78, 5) is 0. The lowest BCUT2D eigenvalue weighted by molar-refractivity contribution is -0.656. The average molecular weight is 266 g/mol. The molecule has 0 bridgehead atoms. The summed E-state index contributed by atoms with van der Waals surface area (Å²) in [5.41, 5.74) is 2.46. The summed E-state index contributed by atoms with van der Waals surface area (Å²) in [5.74, 6) is 1.02. The normalized spacial score (nSPS) is 10.7. The van der Waals surface area contributed by atoms with Gasteiger partial charge in [-0.3, -0.25) is 0 Å². The van der Waals surface area contributed by atoms with E-state index < -0.39 is 0 Å². The van der Waals surface area contributed by atoms with E-state index in [1.807, 2.05) is 0 Å². The van der Waals surface area contributed by atoms with E-state index in [9.17, 15) is 0 Å². The Kier molecular flexibility index (Phi) is 8.26. The highest BCUT2D eigenvalue weighted by molar-refractivity contribution is 5.35. The van der Waals surface area contributed by atoms with Crippen molar-refractivity contribution in [3.05, 3.63) is 29.3 Å². The zero-order valence-electron chi connectivity index (χ0n) is 12.3. The summed E-state index contributed by atoms with van der Waals surface area (Å²) >= 11 is 0. The minimum Gasteiger partial charge on any atom is -0.493 e. The molecule has 0 saturated heterocycles. The van der Waals surface area contributed by atoms with Crippen molar-refractivity contribution >= 4 is 0 Å². The highest BCUT2D eigenvalue weighted by Gasteiger charge is 1.99. The molecule has 3 heteroatoms. The Morgan fingerprint density at radius 2 is 1.84 bits per heavy atom. The largest absolute Gasteiger partial charge is 0.493 e. The molecule has 0 aliphatic rings. The standard InChI is InChI=1S/C16H27NO2/c1-14-7-8-15(2)16(13-14)19-12-6-4-3-5-9-17-10-11-18/h7-8,13,17-18H,3-6,9-12H2,1-2H3/p+1. The van der Waals surface area contributed by atoms with Gasteiger partial charge in [0.05, 0.1) is 26.3 Å². The zero-order valence-corrected chi connectivity index (χ0v) is 12.3. The van der Waals surface area contributed by atoms with Crippen LogP contribution in [0.3, 0.4) is 0 Å². The van der Waals surface area contributed by atoms with Crippen LogP contribution in [0.15, 0.2) is 18.2 Å². The molecule has 3 N–H and O–H groups in total. The fourth-order valence-electron chi connectivity index (χ4n) is 2.02. The Balaban J connectivity index is 2.03. The van der Waals surface area contributed by atoms with Crippen LogP contribution in [-0.4, -0.2) is 31.4 Å². The van der Waals surface area contributed by atoms with Crippen LogP contribution in [0.1, 0.15) is 36.8 Å². The smallest absolute Gasteiger partial charge is 0.122 e. The third-order valence-electron chi connectivity index (χ3n) is 3.24. The van der Waals surface area contributed by atoms with Crippen molar-refractivity contribution in [1.29, 1.82) is 0 Å². The van der Waals surface area contributed by atoms with Gasteiger partial charge in [0.2, 0.25) is 0 Å². The van der Waals surface area contributed by atoms with E-state index in [0.29, 0.717) is 0 Å². The first-order valence-corrected chi connectivity index (χ1v) is 7.36. The molecule has 0 amide bonds. The number of aliphatic hydroxyl groups excluding tert-OH is 1. The molecule has 0 aliphatic heterocycles. The molecule has 0 aromatic heterocycles. The molecular weight excluding hydrogens is 238 g/mol. The minimum atomic E-state index is 0.281. The van der Waals surface area contributed by atoms with Crippen LogP contribution in [0, 0.1) is 13.8 Å². The predicted octanol–water partition coefficient (Wildman–Crippen LogP) is 1.80. The third-order valence-corrected chi connectivity index (χ3v) is 3.24. The van der Waals surface area contributed by atoms with Crippen molar-refractivity contribution in [1.82, 2.24) is 0 Å². The van der Waals surface area contributed by atoms with Gasteiger partial charge in [-0.1, -0.05) is 12.1 Å². The third kappa shape index (κ3) is 7.19. The maximum atomic E-state index is 8.64. The average Bonchev–Trinajstić information content (AvgIpc) is 2.40. The number of hydrogen-bond acceptors (Lipinski definition) is 2. The van der Waals surface area contributed by atoms with E-state index in [-0.39, 0.29) is 6.61 Å². The Hall–Kier alpha value is -1.06. The number of quaternary nitrogens is 1. The minimum absolute atomic E-state index is 0.281. The predicted molar refractivity (Wildman–Crippen MR) is 78.6 cm³/mol. The molecule has 0 atom stereocenters. The first-order valence-electron chi connectivity index (χ1n) is 7.36. The number of aryl methyl sites for hydroxylation is 2. The summed E-state index contributed by atoms with van der Waals surface area (Å²) in [7, 11) is 0. The van der Waals surface area contributed by atoms with E-state index in [0.717, 1.165) is 31.9 Å². The van der Waals surface area contributed by atoms with Gasteiger partial charge >= 0.3 is 0 Å². The Morgan fingerprint density at radius 1 is 1.05 bits per heavy atom. The van der Waals surface area contributed by atoms with Gasteiger partial charge in [0.1, 0.15) is 5.75 Å². The lowest BCUT2D eigenvalue weighted by Crippen LogP contribution is -2.85. The summed E-state index contributed by atoms with van der Waals surface area (Å²) < 4.78 is 5.82. The second kappa shape index (κ2) is 9.82. The molecule has 0 heterocycles. The molecule has 0 fully saturated rings. The summed E-state index contributed by atoms with van der Waals surface area (Å²) in [6, 6.07) is 6.34. The van der Waals surface area contributed by atoms with E-state index in [4.69, 9.17) is 9.84 Å². The molecule has 19 heavy (non-hydrogen) atoms. The Bertz CT molecular complexity index is 353. The fraction of sp³-hybridized carbons (Fsp3) is 0.625. The van der Waals surface area contributed by atoms with Crippen LogP contribution in [0.2, 0.25) is 0 Å². The van der Waals surface area contributed by atoms with E-state index in [2.05, 4.69) is 37.4 Å². The van der Waals surface area contributed by atoms with E-state index in [1.165, 1.54) is 30.4 Å². The van der Waals surface area contributed by atoms with Crippen molar-refractivity contribution in [2.75, 3.05) is 26.3 Å². The van der Waals surface area contributed by atoms with Crippen LogP contribution < -0.4 is 10.1 Å². The van der Waals surface area contributed by atoms with Gasteiger partial charge in [-0.2, -0.15) is 0 Å². The van der Waals surface area contributed by atoms with Crippen LogP contribution in [-0.2, 0) is 0 Å². The zero-order chi connectivity index (χ0) is 13.9. The molecule has 1 rings (SSSR count). The summed E-state index contributed by atoms with van der Waals surface area (Å²) in [5, 5.41) is 10.8. The highest BCUT2D eigenvalue weighted by Crippen LogP contribution is 2.19. The number of unbranched alkanes of at least 4 members (excludes halogenated alkanes) is 3. The second-order valence-electron chi connectivity index (χ2n) is 5.12. The number of hydrogen-bond donors (Lipinski definition) is 2. The molecule has 0 saturated carbocycles. The number of benzene rings is 1. The van der Waals surface area contributed by atoms with Gasteiger partial charge < -0.3 is 15.2 Å². The fourth-order valence-corrected chi connectivity index (χ4v) is 2.02. The van der Waals surface area contributed by atoms with Crippen molar-refractivity contribution in [2.24, 2.45) is 0 Å². The molecule has 3 nitrogen and oxygen atoms in total. The van der Waals surface area contributed by atoms with Gasteiger partial charge in [-0.05, 0) is 56.7 Å². The first kappa shape index (κ1) is 16.0. The molecule has 0 spiro atoms. The SMILES string of the molecule is Cc1ccc(C)c(OCCCCCC[NH2+]CCO)c1. The van der Waals surface area contributed by atoms with Gasteiger partial charge in [0.15, 0.2) is 0 Å². The van der Waals surface area contributed by atoms with Crippen molar-refractivity contribution in [2.45, 2.75) is 39.5 Å². The van der Waals surface area contributed by atoms with E-state index >= 15 is 0 Å². The monoisotopic (exact) mass is 266 g/mol. The maximum Gasteiger partial charge on any atom is 0.122 e. The van der Waals surface area contributed by atoms with Crippen LogP contribution >= 0.6 is 0 Å². The van der Waals surface area contributed by atoms with Crippen molar-refractivity contribution in [3.8, 4) is 5.75 Å². The topological polar surface area (TPSA) is 46.1 Å². The van der Waals surface area contributed by atoms with Gasteiger partial charge in [-0.25, -0.2) is 0 Å². The van der Waals surface area contributed by atoms with Gasteiger partial charge in [0.25, 0.3) is 0 Å². The van der Waals surface area contributed by atoms with Gasteiger partial charge in [-0.15, -0.1) is 0 Å². The number of nitrogens with two attached hydrogens (primary N) is 1. The number of ether oxygens (including phenoxy) is 1. The molecule has 1 aromatic rings. The number of aliphatic hydroxyl groups is 1. The van der Waals surface area contributed by atoms with Crippen LogP contribution in [0.5, 0.6) is 5.75 Å². The summed E-state index contributed by atoms with van der Waals surface area (Å²) in [6.45, 7) is 7.23. The van der Waals surface area contributed by atoms with E-state index in [1.54, 1.807) is 0 Å². The maximum absolute atomic E-state index is 8.64. The molecule has 108 valence electrons. The Morgan fingerprint density at radius 3 is 2.63 bits per heavy atom. The molecule has 0 radical (unpaired) electrons. The highest BCUT2D eigenvalue weighted by atomic mass is 16.5. The summed E-state index contributed by atoms with van der Waals surface area (Å²) in [6.07, 6.45) is 4.81.